The number of benzene rings is 1. The van der Waals surface area contributed by atoms with Gasteiger partial charge in [0.25, 0.3) is 5.91 Å². The van der Waals surface area contributed by atoms with E-state index in [2.05, 4.69) is 19.9 Å². The van der Waals surface area contributed by atoms with Gasteiger partial charge < -0.3 is 10.2 Å². The van der Waals surface area contributed by atoms with E-state index in [9.17, 15) is 9.59 Å². The van der Waals surface area contributed by atoms with Crippen LogP contribution in [0.2, 0.25) is 0 Å². The Morgan fingerprint density at radius 1 is 1.03 bits per heavy atom. The molecule has 0 aliphatic rings. The van der Waals surface area contributed by atoms with Crippen molar-refractivity contribution >= 4 is 34.7 Å². The van der Waals surface area contributed by atoms with E-state index in [1.54, 1.807) is 23.8 Å². The first-order valence-corrected chi connectivity index (χ1v) is 11.3. The lowest BCUT2D eigenvalue weighted by Crippen LogP contribution is -2.43. The van der Waals surface area contributed by atoms with Gasteiger partial charge in [0.2, 0.25) is 5.91 Å². The average molecular weight is 450 g/mol. The molecule has 1 N–H and O–H groups in total. The first-order valence-electron chi connectivity index (χ1n) is 9.54. The number of aromatic nitrogens is 3. The fourth-order valence-corrected chi connectivity index (χ4v) is 4.39. The first-order chi connectivity index (χ1) is 15.2. The molecule has 2 amide bonds. The Hall–Kier alpha value is -3.43. The second kappa shape index (κ2) is 10.1. The molecule has 0 bridgehead atoms. The number of nitrogens with zero attached hydrogens (tertiary/aromatic N) is 4. The molecule has 0 spiro atoms. The molecule has 0 radical (unpaired) electrons. The van der Waals surface area contributed by atoms with E-state index in [1.807, 2.05) is 53.9 Å². The molecule has 0 saturated heterocycles. The molecule has 7 nitrogen and oxygen atoms in total. The molecule has 1 aromatic carbocycles. The smallest absolute Gasteiger partial charge is 0.276 e. The van der Waals surface area contributed by atoms with Crippen LogP contribution in [0.15, 0.2) is 77.8 Å². The zero-order valence-corrected chi connectivity index (χ0v) is 18.1. The predicted octanol–water partition coefficient (Wildman–Crippen LogP) is 3.69. The summed E-state index contributed by atoms with van der Waals surface area (Å²) in [6.07, 6.45) is 3.36. The van der Waals surface area contributed by atoms with Crippen molar-refractivity contribution < 1.29 is 9.59 Å². The fraction of sp³-hybridized carbons (Fsp3) is 0.136. The summed E-state index contributed by atoms with van der Waals surface area (Å²) >= 11 is 2.53. The van der Waals surface area contributed by atoms with Gasteiger partial charge in [0, 0.05) is 35.7 Å². The molecule has 0 aliphatic heterocycles. The molecule has 4 aromatic rings. The van der Waals surface area contributed by atoms with Gasteiger partial charge in [0.05, 0.1) is 0 Å². The molecular formula is C22H19N5O2S2. The van der Waals surface area contributed by atoms with Crippen LogP contribution >= 0.6 is 22.9 Å². The quantitative estimate of drug-likeness (QED) is 0.443. The highest BCUT2D eigenvalue weighted by molar-refractivity contribution is 7.10. The molecular weight excluding hydrogens is 430 g/mol. The Balaban J connectivity index is 1.66. The van der Waals surface area contributed by atoms with Crippen molar-refractivity contribution in [3.63, 3.8) is 0 Å². The van der Waals surface area contributed by atoms with Crippen molar-refractivity contribution in [1.29, 1.82) is 0 Å². The van der Waals surface area contributed by atoms with Crippen LogP contribution < -0.4 is 5.32 Å². The summed E-state index contributed by atoms with van der Waals surface area (Å²) in [5.41, 5.74) is 2.01. The third-order valence-corrected chi connectivity index (χ3v) is 6.03. The van der Waals surface area contributed by atoms with Gasteiger partial charge in [0.1, 0.15) is 6.04 Å². The molecule has 3 heterocycles. The van der Waals surface area contributed by atoms with Crippen LogP contribution in [0.4, 0.5) is 0 Å². The van der Waals surface area contributed by atoms with E-state index in [-0.39, 0.29) is 24.1 Å². The van der Waals surface area contributed by atoms with Gasteiger partial charge in [-0.25, -0.2) is 0 Å². The number of hydrogen-bond donors (Lipinski definition) is 1. The van der Waals surface area contributed by atoms with Crippen molar-refractivity contribution in [3.05, 3.63) is 99.4 Å². The van der Waals surface area contributed by atoms with Crippen LogP contribution in [0.1, 0.15) is 32.5 Å². The second-order valence-electron chi connectivity index (χ2n) is 6.71. The van der Waals surface area contributed by atoms with Gasteiger partial charge in [-0.3, -0.25) is 14.6 Å². The van der Waals surface area contributed by atoms with Gasteiger partial charge >= 0.3 is 0 Å². The number of thiophene rings is 1. The molecule has 3 aromatic heterocycles. The molecule has 9 heteroatoms. The Morgan fingerprint density at radius 2 is 1.87 bits per heavy atom. The summed E-state index contributed by atoms with van der Waals surface area (Å²) in [5.74, 6) is -0.613. The molecule has 4 rings (SSSR count). The second-order valence-corrected chi connectivity index (χ2v) is 8.29. The van der Waals surface area contributed by atoms with Crippen LogP contribution in [0.3, 0.4) is 0 Å². The monoisotopic (exact) mass is 449 g/mol. The Bertz CT molecular complexity index is 1100. The van der Waals surface area contributed by atoms with E-state index in [0.717, 1.165) is 27.5 Å². The summed E-state index contributed by atoms with van der Waals surface area (Å²) < 4.78 is 3.81. The van der Waals surface area contributed by atoms with E-state index >= 15 is 0 Å². The summed E-state index contributed by atoms with van der Waals surface area (Å²) in [6, 6.07) is 16.3. The number of carbonyl (C=O) groups excluding carboxylic acids is 2. The maximum Gasteiger partial charge on any atom is 0.276 e. The zero-order valence-electron chi connectivity index (χ0n) is 16.4. The van der Waals surface area contributed by atoms with Crippen molar-refractivity contribution in [1.82, 2.24) is 24.8 Å². The highest BCUT2D eigenvalue weighted by Crippen LogP contribution is 2.29. The minimum Gasteiger partial charge on any atom is -0.350 e. The highest BCUT2D eigenvalue weighted by Gasteiger charge is 2.33. The van der Waals surface area contributed by atoms with Crippen LogP contribution in [-0.2, 0) is 17.9 Å². The molecule has 0 unspecified atom stereocenters. The van der Waals surface area contributed by atoms with Crippen LogP contribution in [0, 0.1) is 0 Å². The standard InChI is InChI=1S/C22H19N5O2S2/c28-21(24-13-16-6-2-1-3-7-16)20(19-9-5-11-30-19)27(14-17-8-4-10-23-12-17)22(29)18-15-31-26-25-18/h1-12,15,20H,13-14H2,(H,24,28)/t20-/m1/s1. The predicted molar refractivity (Wildman–Crippen MR) is 119 cm³/mol. The maximum absolute atomic E-state index is 13.4. The number of carbonyl (C=O) groups is 2. The highest BCUT2D eigenvalue weighted by atomic mass is 32.1. The number of rotatable bonds is 8. The minimum absolute atomic E-state index is 0.214. The lowest BCUT2D eigenvalue weighted by atomic mass is 10.1. The third-order valence-electron chi connectivity index (χ3n) is 4.60. The largest absolute Gasteiger partial charge is 0.350 e. The molecule has 0 saturated carbocycles. The fourth-order valence-electron chi connectivity index (χ4n) is 3.13. The van der Waals surface area contributed by atoms with E-state index in [1.165, 1.54) is 16.2 Å². The normalized spacial score (nSPS) is 11.6. The zero-order chi connectivity index (χ0) is 21.5. The average Bonchev–Trinajstić information content (AvgIpc) is 3.53. The Morgan fingerprint density at radius 3 is 2.55 bits per heavy atom. The molecule has 156 valence electrons. The summed E-state index contributed by atoms with van der Waals surface area (Å²) in [7, 11) is 0. The van der Waals surface area contributed by atoms with Crippen LogP contribution in [0.25, 0.3) is 0 Å². The van der Waals surface area contributed by atoms with Crippen LogP contribution in [0.5, 0.6) is 0 Å². The topological polar surface area (TPSA) is 88.1 Å². The number of nitrogens with one attached hydrogen (secondary N) is 1. The van der Waals surface area contributed by atoms with E-state index in [0.29, 0.717) is 6.54 Å². The molecule has 31 heavy (non-hydrogen) atoms. The molecule has 1 atom stereocenters. The Kier molecular flexibility index (Phi) is 6.75. The van der Waals surface area contributed by atoms with Crippen molar-refractivity contribution in [3.8, 4) is 0 Å². The van der Waals surface area contributed by atoms with Gasteiger partial charge in [-0.05, 0) is 40.2 Å². The van der Waals surface area contributed by atoms with Crippen molar-refractivity contribution in [2.75, 3.05) is 0 Å². The SMILES string of the molecule is O=C(NCc1ccccc1)[C@@H](c1cccs1)N(Cc1cccnc1)C(=O)c1csnn1. The van der Waals surface area contributed by atoms with E-state index in [4.69, 9.17) is 0 Å². The summed E-state index contributed by atoms with van der Waals surface area (Å²) in [6.45, 7) is 0.584. The number of pyridine rings is 1. The lowest BCUT2D eigenvalue weighted by molar-refractivity contribution is -0.126. The van der Waals surface area contributed by atoms with Crippen molar-refractivity contribution in [2.24, 2.45) is 0 Å². The van der Waals surface area contributed by atoms with Gasteiger partial charge in [-0.2, -0.15) is 0 Å². The van der Waals surface area contributed by atoms with Gasteiger partial charge in [-0.1, -0.05) is 47.0 Å². The maximum atomic E-state index is 13.4. The number of amides is 2. The van der Waals surface area contributed by atoms with Gasteiger partial charge in [0.15, 0.2) is 5.69 Å². The summed E-state index contributed by atoms with van der Waals surface area (Å²) in [4.78, 5) is 33.2. The minimum atomic E-state index is -0.807. The first kappa shape index (κ1) is 20.8. The lowest BCUT2D eigenvalue weighted by Gasteiger charge is -2.30. The van der Waals surface area contributed by atoms with Gasteiger partial charge in [-0.15, -0.1) is 16.4 Å². The van der Waals surface area contributed by atoms with E-state index < -0.39 is 6.04 Å². The summed E-state index contributed by atoms with van der Waals surface area (Å²) in [5, 5.41) is 10.4. The molecule has 0 aliphatic carbocycles. The third kappa shape index (κ3) is 5.19. The number of hydrogen-bond acceptors (Lipinski definition) is 7. The Labute approximate surface area is 187 Å². The molecule has 0 fully saturated rings. The van der Waals surface area contributed by atoms with Crippen LogP contribution in [-0.4, -0.2) is 31.3 Å². The van der Waals surface area contributed by atoms with Crippen molar-refractivity contribution in [2.45, 2.75) is 19.1 Å².